The van der Waals surface area contributed by atoms with E-state index in [1.54, 1.807) is 0 Å². The molecule has 0 saturated carbocycles. The maximum atomic E-state index is 12.8. The smallest absolute Gasteiger partial charge is 0.312 e. The predicted octanol–water partition coefficient (Wildman–Crippen LogP) is 3.33. The van der Waals surface area contributed by atoms with Crippen molar-refractivity contribution in [2.24, 2.45) is 35.0 Å². The molecule has 6 heteroatoms. The third-order valence-corrected chi connectivity index (χ3v) is 7.81. The van der Waals surface area contributed by atoms with Crippen LogP contribution in [0.1, 0.15) is 59.8 Å². The van der Waals surface area contributed by atoms with Gasteiger partial charge in [-0.25, -0.2) is 0 Å². The van der Waals surface area contributed by atoms with Crippen LogP contribution in [0.3, 0.4) is 0 Å². The highest BCUT2D eigenvalue weighted by Crippen LogP contribution is 2.56. The van der Waals surface area contributed by atoms with Gasteiger partial charge in [0.15, 0.2) is 0 Å². The molecule has 0 radical (unpaired) electrons. The Bertz CT molecular complexity index is 727. The molecule has 0 bridgehead atoms. The van der Waals surface area contributed by atoms with E-state index >= 15 is 0 Å². The van der Waals surface area contributed by atoms with Crippen LogP contribution in [0, 0.1) is 35.0 Å². The summed E-state index contributed by atoms with van der Waals surface area (Å²) < 4.78 is 6.02. The second-order valence-corrected chi connectivity index (χ2v) is 9.82. The van der Waals surface area contributed by atoms with E-state index in [0.717, 1.165) is 12.8 Å². The van der Waals surface area contributed by atoms with E-state index in [9.17, 15) is 19.8 Å². The van der Waals surface area contributed by atoms with E-state index in [2.05, 4.69) is 39.0 Å². The lowest BCUT2D eigenvalue weighted by Crippen LogP contribution is -2.45. The molecule has 0 aromatic carbocycles. The topological polar surface area (TPSA) is 104 Å². The second-order valence-electron chi connectivity index (χ2n) is 9.82. The number of esters is 1. The maximum absolute atomic E-state index is 12.8. The summed E-state index contributed by atoms with van der Waals surface area (Å²) in [6.45, 7) is 8.41. The van der Waals surface area contributed by atoms with Crippen molar-refractivity contribution in [1.82, 2.24) is 0 Å². The fourth-order valence-electron chi connectivity index (χ4n) is 6.03. The first-order valence-corrected chi connectivity index (χ1v) is 11.3. The van der Waals surface area contributed by atoms with Crippen LogP contribution in [0.2, 0.25) is 0 Å². The van der Waals surface area contributed by atoms with Crippen LogP contribution in [0.4, 0.5) is 0 Å². The molecular formula is C24H36O6. The SMILES string of the molecule is CCC1(C)C(=O)OC2C3C(=C[C@H](C)C21)C=C[C@H](C)[C@@H]3CCC(O)C[C@@H](O)CC(=O)O. The molecule has 1 fully saturated rings. The van der Waals surface area contributed by atoms with Crippen molar-refractivity contribution in [1.29, 1.82) is 0 Å². The van der Waals surface area contributed by atoms with Crippen LogP contribution in [-0.4, -0.2) is 45.6 Å². The Hall–Kier alpha value is -1.66. The number of carboxylic acid groups (broad SMARTS) is 1. The molecule has 168 valence electrons. The van der Waals surface area contributed by atoms with E-state index in [-0.39, 0.29) is 54.5 Å². The minimum atomic E-state index is -1.07. The molecule has 9 atom stereocenters. The van der Waals surface area contributed by atoms with Gasteiger partial charge >= 0.3 is 11.9 Å². The molecule has 30 heavy (non-hydrogen) atoms. The lowest BCUT2D eigenvalue weighted by molar-refractivity contribution is -0.150. The van der Waals surface area contributed by atoms with E-state index in [0.29, 0.717) is 6.42 Å². The van der Waals surface area contributed by atoms with Gasteiger partial charge in [0.05, 0.1) is 24.0 Å². The first-order chi connectivity index (χ1) is 14.1. The molecule has 0 aromatic rings. The fraction of sp³-hybridized carbons (Fsp3) is 0.750. The Morgan fingerprint density at radius 3 is 2.57 bits per heavy atom. The van der Waals surface area contributed by atoms with Crippen molar-refractivity contribution in [3.8, 4) is 0 Å². The van der Waals surface area contributed by atoms with Gasteiger partial charge in [0.2, 0.25) is 0 Å². The molecule has 0 aromatic heterocycles. The number of aliphatic carboxylic acids is 1. The summed E-state index contributed by atoms with van der Waals surface area (Å²) >= 11 is 0. The molecule has 3 N–H and O–H groups in total. The molecule has 2 aliphatic carbocycles. The first kappa shape index (κ1) is 23.0. The summed E-state index contributed by atoms with van der Waals surface area (Å²) in [6, 6.07) is 0. The average Bonchev–Trinajstić information content (AvgIpc) is 2.92. The van der Waals surface area contributed by atoms with Gasteiger partial charge < -0.3 is 20.1 Å². The Kier molecular flexibility index (Phi) is 6.78. The summed E-state index contributed by atoms with van der Waals surface area (Å²) in [5, 5.41) is 29.0. The van der Waals surface area contributed by atoms with Gasteiger partial charge in [-0.1, -0.05) is 39.0 Å². The predicted molar refractivity (Wildman–Crippen MR) is 112 cm³/mol. The summed E-state index contributed by atoms with van der Waals surface area (Å²) in [7, 11) is 0. The number of ether oxygens (including phenoxy) is 1. The van der Waals surface area contributed by atoms with Crippen LogP contribution in [0.25, 0.3) is 0 Å². The van der Waals surface area contributed by atoms with E-state index in [1.165, 1.54) is 5.57 Å². The number of fused-ring (bicyclic) bond motifs is 3. The molecule has 5 unspecified atom stereocenters. The molecule has 3 rings (SSSR count). The lowest BCUT2D eigenvalue weighted by Gasteiger charge is -2.45. The number of carbonyl (C=O) groups is 2. The van der Waals surface area contributed by atoms with Crippen molar-refractivity contribution in [3.63, 3.8) is 0 Å². The number of hydrogen-bond acceptors (Lipinski definition) is 5. The van der Waals surface area contributed by atoms with Gasteiger partial charge in [-0.15, -0.1) is 0 Å². The number of carbonyl (C=O) groups excluding carboxylic acids is 1. The highest BCUT2D eigenvalue weighted by atomic mass is 16.6. The molecule has 3 aliphatic rings. The summed E-state index contributed by atoms with van der Waals surface area (Å²) in [6.07, 6.45) is 6.38. The zero-order chi connectivity index (χ0) is 22.2. The molecule has 0 amide bonds. The Balaban J connectivity index is 1.76. The second kappa shape index (κ2) is 8.83. The van der Waals surface area contributed by atoms with Crippen LogP contribution < -0.4 is 0 Å². The van der Waals surface area contributed by atoms with Gasteiger partial charge in [0.1, 0.15) is 6.10 Å². The van der Waals surface area contributed by atoms with Crippen molar-refractivity contribution < 1.29 is 29.6 Å². The van der Waals surface area contributed by atoms with E-state index in [4.69, 9.17) is 9.84 Å². The van der Waals surface area contributed by atoms with Crippen LogP contribution in [-0.2, 0) is 14.3 Å². The highest BCUT2D eigenvalue weighted by molar-refractivity contribution is 5.79. The molecular weight excluding hydrogens is 384 g/mol. The zero-order valence-corrected chi connectivity index (χ0v) is 18.5. The maximum Gasteiger partial charge on any atom is 0.312 e. The van der Waals surface area contributed by atoms with Crippen LogP contribution in [0.5, 0.6) is 0 Å². The lowest BCUT2D eigenvalue weighted by atomic mass is 9.57. The van der Waals surface area contributed by atoms with Crippen molar-refractivity contribution in [2.45, 2.75) is 78.1 Å². The Labute approximate surface area is 179 Å². The van der Waals surface area contributed by atoms with Gasteiger partial charge in [-0.05, 0) is 55.9 Å². The summed E-state index contributed by atoms with van der Waals surface area (Å²) in [5.74, 6) is -0.150. The Morgan fingerprint density at radius 2 is 1.93 bits per heavy atom. The zero-order valence-electron chi connectivity index (χ0n) is 18.5. The quantitative estimate of drug-likeness (QED) is 0.521. The van der Waals surface area contributed by atoms with Gasteiger partial charge in [-0.2, -0.15) is 0 Å². The van der Waals surface area contributed by atoms with Crippen molar-refractivity contribution in [3.05, 3.63) is 23.8 Å². The van der Waals surface area contributed by atoms with Gasteiger partial charge in [-0.3, -0.25) is 9.59 Å². The standard InChI is InChI=1S/C24H36O6/c1-5-24(4)21-14(3)10-15-7-6-13(2)18(20(15)22(21)30-23(24)29)9-8-16(25)11-17(26)12-19(27)28/h6-7,10,13-14,16-18,20-22,25-26H,5,8-9,11-12H2,1-4H3,(H,27,28)/t13-,14-,16?,17+,18-,20?,21?,22?,24?/m0/s1. The molecule has 6 nitrogen and oxygen atoms in total. The third kappa shape index (κ3) is 4.22. The van der Waals surface area contributed by atoms with E-state index < -0.39 is 23.6 Å². The van der Waals surface area contributed by atoms with Crippen LogP contribution >= 0.6 is 0 Å². The minimum Gasteiger partial charge on any atom is -0.481 e. The molecule has 1 saturated heterocycles. The number of aliphatic hydroxyl groups excluding tert-OH is 2. The highest BCUT2D eigenvalue weighted by Gasteiger charge is 2.60. The largest absolute Gasteiger partial charge is 0.481 e. The number of carboxylic acids is 1. The minimum absolute atomic E-state index is 0.0581. The molecule has 1 aliphatic heterocycles. The normalized spacial score (nSPS) is 39.5. The first-order valence-electron chi connectivity index (χ1n) is 11.3. The number of aliphatic hydroxyl groups is 2. The molecule has 0 spiro atoms. The van der Waals surface area contributed by atoms with Crippen molar-refractivity contribution in [2.75, 3.05) is 0 Å². The third-order valence-electron chi connectivity index (χ3n) is 7.81. The Morgan fingerprint density at radius 1 is 1.23 bits per heavy atom. The molecule has 1 heterocycles. The number of allylic oxidation sites excluding steroid dienone is 3. The summed E-state index contributed by atoms with van der Waals surface area (Å²) in [5.41, 5.74) is 0.752. The number of hydrogen-bond donors (Lipinski definition) is 3. The number of rotatable bonds is 8. The summed E-state index contributed by atoms with van der Waals surface area (Å²) in [4.78, 5) is 23.5. The van der Waals surface area contributed by atoms with Gasteiger partial charge in [0.25, 0.3) is 0 Å². The fourth-order valence-corrected chi connectivity index (χ4v) is 6.03. The van der Waals surface area contributed by atoms with Crippen LogP contribution in [0.15, 0.2) is 23.8 Å². The van der Waals surface area contributed by atoms with Crippen molar-refractivity contribution >= 4 is 11.9 Å². The van der Waals surface area contributed by atoms with E-state index in [1.807, 2.05) is 6.92 Å². The van der Waals surface area contributed by atoms with Gasteiger partial charge in [0, 0.05) is 11.8 Å². The average molecular weight is 421 g/mol. The monoisotopic (exact) mass is 420 g/mol.